The Kier molecular flexibility index (Phi) is 5.78. The maximum Gasteiger partial charge on any atom is 0.407 e. The molecule has 1 unspecified atom stereocenters. The van der Waals surface area contributed by atoms with Gasteiger partial charge in [-0.1, -0.05) is 12.1 Å². The Morgan fingerprint density at radius 1 is 1.27 bits per heavy atom. The molecule has 1 aromatic carbocycles. The maximum absolute atomic E-state index is 11.5. The number of nitrogens with one attached hydrogen (secondary N) is 1. The van der Waals surface area contributed by atoms with Crippen molar-refractivity contribution in [1.29, 1.82) is 0 Å². The fraction of sp³-hybridized carbons (Fsp3) is 0.500. The summed E-state index contributed by atoms with van der Waals surface area (Å²) in [6.07, 6.45) is -0.621. The summed E-state index contributed by atoms with van der Waals surface area (Å²) in [5.74, 6) is 0.151. The van der Waals surface area contributed by atoms with E-state index in [4.69, 9.17) is 8.92 Å². The molecule has 7 nitrogen and oxygen atoms in total. The lowest BCUT2D eigenvalue weighted by atomic mass is 10.1. The first-order valence-corrected chi connectivity index (χ1v) is 8.42. The van der Waals surface area contributed by atoms with Gasteiger partial charge >= 0.3 is 16.2 Å². The summed E-state index contributed by atoms with van der Waals surface area (Å²) < 4.78 is 31.7. The number of hydrogen-bond donors (Lipinski definition) is 2. The Bertz CT molecular complexity index is 603. The fourth-order valence-electron chi connectivity index (χ4n) is 1.53. The van der Waals surface area contributed by atoms with E-state index in [2.05, 4.69) is 5.32 Å². The van der Waals surface area contributed by atoms with E-state index in [1.807, 2.05) is 0 Å². The molecule has 1 aromatic rings. The van der Waals surface area contributed by atoms with Crippen LogP contribution in [0.1, 0.15) is 32.4 Å². The summed E-state index contributed by atoms with van der Waals surface area (Å²) in [6, 6.07) is 5.88. The molecule has 0 saturated heterocycles. The van der Waals surface area contributed by atoms with E-state index in [1.165, 1.54) is 24.3 Å². The molecule has 0 heterocycles. The summed E-state index contributed by atoms with van der Waals surface area (Å²) in [4.78, 5) is 11.5. The van der Waals surface area contributed by atoms with Crippen LogP contribution in [-0.4, -0.2) is 38.0 Å². The van der Waals surface area contributed by atoms with Gasteiger partial charge in [0.2, 0.25) is 0 Å². The molecule has 0 saturated carbocycles. The molecule has 22 heavy (non-hydrogen) atoms. The van der Waals surface area contributed by atoms with Crippen molar-refractivity contribution < 1.29 is 27.2 Å². The van der Waals surface area contributed by atoms with Crippen LogP contribution in [0.5, 0.6) is 5.75 Å². The normalized spacial score (nSPS) is 13.3. The predicted octanol–water partition coefficient (Wildman–Crippen LogP) is 1.58. The number of rotatable bonds is 5. The van der Waals surface area contributed by atoms with Crippen LogP contribution in [0.25, 0.3) is 0 Å². The summed E-state index contributed by atoms with van der Waals surface area (Å²) in [7, 11) is -3.59. The molecule has 0 aliphatic heterocycles. The van der Waals surface area contributed by atoms with Crippen molar-refractivity contribution >= 4 is 16.2 Å². The highest BCUT2D eigenvalue weighted by molar-refractivity contribution is 7.86. The lowest BCUT2D eigenvalue weighted by molar-refractivity contribution is 0.0491. The molecule has 1 amide bonds. The SMILES string of the molecule is CC(C)(C)OC(=O)NCC(O)c1ccc(OS(C)(=O)=O)cc1. The number of aliphatic hydroxyl groups excluding tert-OH is 1. The second-order valence-electron chi connectivity index (χ2n) is 5.76. The largest absolute Gasteiger partial charge is 0.444 e. The van der Waals surface area contributed by atoms with Gasteiger partial charge in [0, 0.05) is 0 Å². The standard InChI is InChI=1S/C14H21NO6S/c1-14(2,3)20-13(17)15-9-12(16)10-5-7-11(8-6-10)21-22(4,18)19/h5-8,12,16H,9H2,1-4H3,(H,15,17). The van der Waals surface area contributed by atoms with Crippen LogP contribution in [0.3, 0.4) is 0 Å². The van der Waals surface area contributed by atoms with Crippen molar-refractivity contribution in [3.8, 4) is 5.75 Å². The molecule has 1 atom stereocenters. The van der Waals surface area contributed by atoms with Gasteiger partial charge in [-0.2, -0.15) is 8.42 Å². The number of ether oxygens (including phenoxy) is 1. The molecule has 0 bridgehead atoms. The molecule has 0 spiro atoms. The van der Waals surface area contributed by atoms with E-state index in [9.17, 15) is 18.3 Å². The van der Waals surface area contributed by atoms with Crippen LogP contribution in [0.15, 0.2) is 24.3 Å². The highest BCUT2D eigenvalue weighted by Gasteiger charge is 2.17. The van der Waals surface area contributed by atoms with E-state index in [-0.39, 0.29) is 12.3 Å². The maximum atomic E-state index is 11.5. The first-order valence-electron chi connectivity index (χ1n) is 6.60. The van der Waals surface area contributed by atoms with E-state index in [1.54, 1.807) is 20.8 Å². The van der Waals surface area contributed by atoms with Crippen LogP contribution in [-0.2, 0) is 14.9 Å². The van der Waals surface area contributed by atoms with Gasteiger partial charge in [0.1, 0.15) is 11.4 Å². The van der Waals surface area contributed by atoms with Gasteiger partial charge < -0.3 is 19.3 Å². The average Bonchev–Trinajstić information content (AvgIpc) is 2.33. The van der Waals surface area contributed by atoms with E-state index >= 15 is 0 Å². The fourth-order valence-corrected chi connectivity index (χ4v) is 1.99. The molecule has 124 valence electrons. The van der Waals surface area contributed by atoms with Crippen molar-refractivity contribution in [2.75, 3.05) is 12.8 Å². The average molecular weight is 331 g/mol. The van der Waals surface area contributed by atoms with Crippen molar-refractivity contribution in [2.24, 2.45) is 0 Å². The molecular formula is C14H21NO6S. The zero-order chi connectivity index (χ0) is 17.0. The lowest BCUT2D eigenvalue weighted by Gasteiger charge is -2.20. The minimum Gasteiger partial charge on any atom is -0.444 e. The lowest BCUT2D eigenvalue weighted by Crippen LogP contribution is -2.34. The van der Waals surface area contributed by atoms with Crippen molar-refractivity contribution in [1.82, 2.24) is 5.32 Å². The molecule has 1 rings (SSSR count). The van der Waals surface area contributed by atoms with Gasteiger partial charge in [0.05, 0.1) is 18.9 Å². The number of carbonyl (C=O) groups is 1. The van der Waals surface area contributed by atoms with Gasteiger partial charge in [-0.15, -0.1) is 0 Å². The molecule has 0 aliphatic carbocycles. The first-order chi connectivity index (χ1) is 9.96. The number of benzene rings is 1. The zero-order valence-electron chi connectivity index (χ0n) is 13.0. The van der Waals surface area contributed by atoms with Gasteiger partial charge in [-0.25, -0.2) is 4.79 Å². The molecule has 2 N–H and O–H groups in total. The van der Waals surface area contributed by atoms with Gasteiger partial charge in [0.25, 0.3) is 0 Å². The monoisotopic (exact) mass is 331 g/mol. The number of carbonyl (C=O) groups excluding carboxylic acids is 1. The summed E-state index contributed by atoms with van der Waals surface area (Å²) in [6.45, 7) is 5.19. The van der Waals surface area contributed by atoms with Crippen molar-refractivity contribution in [2.45, 2.75) is 32.5 Å². The number of hydrogen-bond acceptors (Lipinski definition) is 6. The van der Waals surface area contributed by atoms with Gasteiger partial charge in [-0.05, 0) is 38.5 Å². The molecule has 8 heteroatoms. The highest BCUT2D eigenvalue weighted by atomic mass is 32.2. The minimum absolute atomic E-state index is 0.0266. The van der Waals surface area contributed by atoms with Crippen LogP contribution in [0.2, 0.25) is 0 Å². The number of alkyl carbamates (subject to hydrolysis) is 1. The highest BCUT2D eigenvalue weighted by Crippen LogP contribution is 2.18. The third-order valence-corrected chi connectivity index (χ3v) is 2.85. The van der Waals surface area contributed by atoms with Gasteiger partial charge in [-0.3, -0.25) is 0 Å². The van der Waals surface area contributed by atoms with Crippen LogP contribution in [0.4, 0.5) is 4.79 Å². The van der Waals surface area contributed by atoms with E-state index in [0.29, 0.717) is 5.56 Å². The smallest absolute Gasteiger partial charge is 0.407 e. The van der Waals surface area contributed by atoms with Crippen LogP contribution in [0, 0.1) is 0 Å². The molecule has 0 radical (unpaired) electrons. The molecule has 0 aliphatic rings. The minimum atomic E-state index is -3.59. The second-order valence-corrected chi connectivity index (χ2v) is 7.33. The summed E-state index contributed by atoms with van der Waals surface area (Å²) in [5.41, 5.74) is -0.100. The van der Waals surface area contributed by atoms with Crippen LogP contribution < -0.4 is 9.50 Å². The van der Waals surface area contributed by atoms with E-state index in [0.717, 1.165) is 6.26 Å². The Labute approximate surface area is 130 Å². The first kappa shape index (κ1) is 18.2. The van der Waals surface area contributed by atoms with Gasteiger partial charge in [0.15, 0.2) is 0 Å². The molecule has 0 aromatic heterocycles. The van der Waals surface area contributed by atoms with E-state index < -0.39 is 27.9 Å². The van der Waals surface area contributed by atoms with Crippen molar-refractivity contribution in [3.63, 3.8) is 0 Å². The molecular weight excluding hydrogens is 310 g/mol. The Balaban J connectivity index is 2.56. The number of aliphatic hydroxyl groups is 1. The Hall–Kier alpha value is -1.80. The number of amides is 1. The topological polar surface area (TPSA) is 102 Å². The Morgan fingerprint density at radius 3 is 2.27 bits per heavy atom. The quantitative estimate of drug-likeness (QED) is 0.794. The van der Waals surface area contributed by atoms with Crippen LogP contribution >= 0.6 is 0 Å². The zero-order valence-corrected chi connectivity index (χ0v) is 13.8. The molecule has 0 fully saturated rings. The third kappa shape index (κ3) is 7.28. The Morgan fingerprint density at radius 2 is 1.82 bits per heavy atom. The van der Waals surface area contributed by atoms with Crippen molar-refractivity contribution in [3.05, 3.63) is 29.8 Å². The summed E-state index contributed by atoms with van der Waals surface area (Å²) in [5, 5.41) is 12.4. The third-order valence-electron chi connectivity index (χ3n) is 2.35. The second kappa shape index (κ2) is 6.97. The summed E-state index contributed by atoms with van der Waals surface area (Å²) >= 11 is 0. The predicted molar refractivity (Wildman–Crippen MR) is 81.1 cm³/mol.